The molecule has 3 N–H and O–H groups in total. The fraction of sp³-hybridized carbons (Fsp3) is 0.462. The molecule has 0 aromatic heterocycles. The van der Waals surface area contributed by atoms with Gasteiger partial charge in [-0.15, -0.1) is 0 Å². The van der Waals surface area contributed by atoms with Crippen molar-refractivity contribution in [1.82, 2.24) is 10.2 Å². The van der Waals surface area contributed by atoms with Crippen molar-refractivity contribution in [3.8, 4) is 5.75 Å². The van der Waals surface area contributed by atoms with Crippen molar-refractivity contribution < 1.29 is 13.9 Å². The zero-order chi connectivity index (χ0) is 13.8. The lowest BCUT2D eigenvalue weighted by molar-refractivity contribution is 0.201. The molecule has 0 bridgehead atoms. The highest BCUT2D eigenvalue weighted by atomic mass is 19.1. The molecule has 1 aliphatic heterocycles. The Morgan fingerprint density at radius 1 is 1.58 bits per heavy atom. The summed E-state index contributed by atoms with van der Waals surface area (Å²) in [7, 11) is 0. The molecule has 19 heavy (non-hydrogen) atoms. The molecule has 2 amide bonds. The van der Waals surface area contributed by atoms with Gasteiger partial charge in [-0.05, 0) is 24.6 Å². The van der Waals surface area contributed by atoms with E-state index in [4.69, 9.17) is 10.5 Å². The van der Waals surface area contributed by atoms with E-state index in [-0.39, 0.29) is 24.4 Å². The molecule has 1 fully saturated rings. The molecule has 1 aromatic rings. The third kappa shape index (κ3) is 3.35. The molecule has 1 aromatic carbocycles. The topological polar surface area (TPSA) is 67.6 Å². The third-order valence-corrected chi connectivity index (χ3v) is 3.05. The highest BCUT2D eigenvalue weighted by molar-refractivity contribution is 5.76. The van der Waals surface area contributed by atoms with E-state index in [1.54, 1.807) is 24.0 Å². The first-order valence-electron chi connectivity index (χ1n) is 6.28. The maximum atomic E-state index is 13.7. The Balaban J connectivity index is 1.87. The zero-order valence-electron chi connectivity index (χ0n) is 10.9. The minimum atomic E-state index is -0.430. The van der Waals surface area contributed by atoms with Gasteiger partial charge in [0.2, 0.25) is 0 Å². The number of hydrogen-bond donors (Lipinski definition) is 2. The van der Waals surface area contributed by atoms with Crippen molar-refractivity contribution in [2.75, 3.05) is 26.2 Å². The molecule has 104 valence electrons. The van der Waals surface area contributed by atoms with Crippen LogP contribution in [0.25, 0.3) is 0 Å². The van der Waals surface area contributed by atoms with Crippen LogP contribution >= 0.6 is 0 Å². The molecule has 0 spiro atoms. The van der Waals surface area contributed by atoms with Crippen LogP contribution in [0.15, 0.2) is 18.2 Å². The van der Waals surface area contributed by atoms with Gasteiger partial charge in [0.1, 0.15) is 6.61 Å². The number of halogens is 1. The van der Waals surface area contributed by atoms with Crippen LogP contribution in [0.1, 0.15) is 18.5 Å². The van der Waals surface area contributed by atoms with E-state index < -0.39 is 5.82 Å². The number of benzene rings is 1. The summed E-state index contributed by atoms with van der Waals surface area (Å²) >= 11 is 0. The number of carbonyl (C=O) groups excluding carboxylic acids is 1. The van der Waals surface area contributed by atoms with Crippen LogP contribution in [0, 0.1) is 5.82 Å². The van der Waals surface area contributed by atoms with Crippen LogP contribution in [0.5, 0.6) is 5.75 Å². The van der Waals surface area contributed by atoms with Gasteiger partial charge in [-0.2, -0.15) is 0 Å². The first kappa shape index (κ1) is 13.6. The summed E-state index contributed by atoms with van der Waals surface area (Å²) < 4.78 is 19.1. The number of urea groups is 1. The van der Waals surface area contributed by atoms with Crippen LogP contribution in [0.2, 0.25) is 0 Å². The number of rotatable bonds is 5. The molecule has 6 heteroatoms. The Hall–Kier alpha value is -1.82. The van der Waals surface area contributed by atoms with Crippen molar-refractivity contribution in [2.45, 2.75) is 13.0 Å². The van der Waals surface area contributed by atoms with Crippen molar-refractivity contribution in [3.63, 3.8) is 0 Å². The van der Waals surface area contributed by atoms with Gasteiger partial charge in [0.25, 0.3) is 0 Å². The predicted octanol–water partition coefficient (Wildman–Crippen LogP) is 1.25. The Labute approximate surface area is 111 Å². The molecule has 0 aliphatic carbocycles. The highest BCUT2D eigenvalue weighted by Gasteiger charge is 2.18. The summed E-state index contributed by atoms with van der Waals surface area (Å²) in [6, 6.07) is 4.37. The second-order valence-electron chi connectivity index (χ2n) is 4.55. The lowest BCUT2D eigenvalue weighted by Gasteiger charge is -2.15. The van der Waals surface area contributed by atoms with Crippen LogP contribution in [-0.2, 0) is 0 Å². The zero-order valence-corrected chi connectivity index (χ0v) is 10.9. The lowest BCUT2D eigenvalue weighted by Crippen LogP contribution is -2.31. The second-order valence-corrected chi connectivity index (χ2v) is 4.55. The van der Waals surface area contributed by atoms with E-state index in [1.807, 2.05) is 0 Å². The molecular weight excluding hydrogens is 249 g/mol. The fourth-order valence-electron chi connectivity index (χ4n) is 1.91. The number of carbonyl (C=O) groups is 1. The molecule has 5 nitrogen and oxygen atoms in total. The van der Waals surface area contributed by atoms with Gasteiger partial charge in [0, 0.05) is 19.1 Å². The lowest BCUT2D eigenvalue weighted by atomic mass is 10.1. The minimum absolute atomic E-state index is 0.101. The number of nitrogens with one attached hydrogen (secondary N) is 1. The van der Waals surface area contributed by atoms with Crippen molar-refractivity contribution in [3.05, 3.63) is 29.6 Å². The Bertz CT molecular complexity index is 465. The number of nitrogens with zero attached hydrogens (tertiary/aromatic N) is 1. The summed E-state index contributed by atoms with van der Waals surface area (Å²) in [5.74, 6) is -0.246. The van der Waals surface area contributed by atoms with E-state index in [0.29, 0.717) is 19.6 Å². The van der Waals surface area contributed by atoms with Crippen molar-refractivity contribution >= 4 is 6.03 Å². The highest BCUT2D eigenvalue weighted by Crippen LogP contribution is 2.21. The molecule has 1 saturated heterocycles. The Morgan fingerprint density at radius 3 is 2.95 bits per heavy atom. The SMILES string of the molecule is C[C@@H](N)c1ccc(OCCN2CCNC2=O)c(F)c1. The van der Waals surface area contributed by atoms with Gasteiger partial charge in [0.05, 0.1) is 6.54 Å². The van der Waals surface area contributed by atoms with Gasteiger partial charge in [-0.25, -0.2) is 9.18 Å². The molecule has 1 aliphatic rings. The molecule has 0 saturated carbocycles. The summed E-state index contributed by atoms with van der Waals surface area (Å²) in [4.78, 5) is 12.9. The molecule has 0 unspecified atom stereocenters. The van der Waals surface area contributed by atoms with Crippen LogP contribution < -0.4 is 15.8 Å². The Kier molecular flexibility index (Phi) is 4.21. The van der Waals surface area contributed by atoms with E-state index >= 15 is 0 Å². The van der Waals surface area contributed by atoms with E-state index in [1.165, 1.54) is 6.07 Å². The van der Waals surface area contributed by atoms with Crippen molar-refractivity contribution in [1.29, 1.82) is 0 Å². The van der Waals surface area contributed by atoms with Crippen molar-refractivity contribution in [2.24, 2.45) is 5.73 Å². The van der Waals surface area contributed by atoms with E-state index in [9.17, 15) is 9.18 Å². The van der Waals surface area contributed by atoms with Gasteiger partial charge in [-0.3, -0.25) is 0 Å². The summed E-state index contributed by atoms with van der Waals surface area (Å²) in [6.45, 7) is 3.81. The van der Waals surface area contributed by atoms with Gasteiger partial charge in [0.15, 0.2) is 11.6 Å². The monoisotopic (exact) mass is 267 g/mol. The normalized spacial score (nSPS) is 16.4. The quantitative estimate of drug-likeness (QED) is 0.843. The number of hydrogen-bond acceptors (Lipinski definition) is 3. The molecule has 1 heterocycles. The first-order chi connectivity index (χ1) is 9.08. The van der Waals surface area contributed by atoms with Gasteiger partial charge < -0.3 is 20.7 Å². The summed E-state index contributed by atoms with van der Waals surface area (Å²) in [6.07, 6.45) is 0. The van der Waals surface area contributed by atoms with Gasteiger partial charge >= 0.3 is 6.03 Å². The number of amides is 2. The van der Waals surface area contributed by atoms with Crippen LogP contribution in [0.3, 0.4) is 0 Å². The third-order valence-electron chi connectivity index (χ3n) is 3.05. The first-order valence-corrected chi connectivity index (χ1v) is 6.28. The standard InChI is InChI=1S/C13H18FN3O2/c1-9(15)10-2-3-12(11(14)8-10)19-7-6-17-5-4-16-13(17)18/h2-3,8-9H,4-7,15H2,1H3,(H,16,18)/t9-/m1/s1. The fourth-order valence-corrected chi connectivity index (χ4v) is 1.91. The average Bonchev–Trinajstić information content (AvgIpc) is 2.77. The van der Waals surface area contributed by atoms with Gasteiger partial charge in [-0.1, -0.05) is 6.07 Å². The second kappa shape index (κ2) is 5.88. The molecule has 1 atom stereocenters. The van der Waals surface area contributed by atoms with Crippen LogP contribution in [0.4, 0.5) is 9.18 Å². The Morgan fingerprint density at radius 2 is 2.37 bits per heavy atom. The number of nitrogens with two attached hydrogens (primary N) is 1. The van der Waals surface area contributed by atoms with E-state index in [0.717, 1.165) is 5.56 Å². The average molecular weight is 267 g/mol. The van der Waals surface area contributed by atoms with E-state index in [2.05, 4.69) is 5.32 Å². The summed E-state index contributed by atoms with van der Waals surface area (Å²) in [5.41, 5.74) is 6.40. The molecule has 0 radical (unpaired) electrons. The smallest absolute Gasteiger partial charge is 0.317 e. The largest absolute Gasteiger partial charge is 0.489 e. The maximum absolute atomic E-state index is 13.7. The summed E-state index contributed by atoms with van der Waals surface area (Å²) in [5, 5.41) is 2.69. The molecular formula is C13H18FN3O2. The molecule has 2 rings (SSSR count). The maximum Gasteiger partial charge on any atom is 0.317 e. The number of ether oxygens (including phenoxy) is 1. The predicted molar refractivity (Wildman–Crippen MR) is 69.5 cm³/mol. The van der Waals surface area contributed by atoms with Crippen LogP contribution in [-0.4, -0.2) is 37.2 Å². The minimum Gasteiger partial charge on any atom is -0.489 e.